The molecule has 0 unspecified atom stereocenters. The minimum Gasteiger partial charge on any atom is -0.465 e. The molecule has 0 bridgehead atoms. The molecule has 0 aliphatic heterocycles. The van der Waals surface area contributed by atoms with Gasteiger partial charge in [0.15, 0.2) is 0 Å². The Morgan fingerprint density at radius 1 is 0.375 bits per heavy atom. The summed E-state index contributed by atoms with van der Waals surface area (Å²) in [7, 11) is 0. The number of esters is 2. The Kier molecular flexibility index (Phi) is 35.8. The number of ketones is 1. The molecule has 0 aromatic rings. The first kappa shape index (κ1) is 54.6. The predicted octanol–water partition coefficient (Wildman–Crippen LogP) is 16.3. The van der Waals surface area contributed by atoms with E-state index in [1.165, 1.54) is 154 Å². The van der Waals surface area contributed by atoms with Crippen molar-refractivity contribution in [2.24, 2.45) is 22.7 Å². The molecule has 0 fully saturated rings. The van der Waals surface area contributed by atoms with Crippen LogP contribution in [0.3, 0.4) is 0 Å². The first-order chi connectivity index (χ1) is 26.9. The SMILES string of the molecule is CCCCCCCC(CCCCCCC)COC(=O)CCC(C)(C)CCCC(=O)CCCC(C)(C)CCC(=O)OCC(CCCCCCC)CCCCCCC. The Morgan fingerprint density at radius 2 is 0.661 bits per heavy atom. The highest BCUT2D eigenvalue weighted by atomic mass is 16.5. The van der Waals surface area contributed by atoms with E-state index in [-0.39, 0.29) is 22.8 Å². The maximum Gasteiger partial charge on any atom is 0.305 e. The molecule has 0 N–H and O–H groups in total. The van der Waals surface area contributed by atoms with Crippen molar-refractivity contribution < 1.29 is 23.9 Å². The predicted molar refractivity (Wildman–Crippen MR) is 241 cm³/mol. The number of hydrogen-bond acceptors (Lipinski definition) is 5. The lowest BCUT2D eigenvalue weighted by atomic mass is 9.81. The van der Waals surface area contributed by atoms with E-state index in [0.717, 1.165) is 38.5 Å². The maximum atomic E-state index is 12.8. The third-order valence-corrected chi connectivity index (χ3v) is 12.5. The van der Waals surface area contributed by atoms with Gasteiger partial charge in [0.05, 0.1) is 13.2 Å². The van der Waals surface area contributed by atoms with E-state index in [9.17, 15) is 14.4 Å². The molecule has 0 atom stereocenters. The normalized spacial score (nSPS) is 12.2. The van der Waals surface area contributed by atoms with Crippen LogP contribution in [-0.2, 0) is 23.9 Å². The Labute approximate surface area is 350 Å². The number of carbonyl (C=O) groups is 3. The summed E-state index contributed by atoms with van der Waals surface area (Å²) in [4.78, 5) is 38.3. The number of ether oxygens (including phenoxy) is 2. The Balaban J connectivity index is 4.41. The summed E-state index contributed by atoms with van der Waals surface area (Å²) in [6.07, 6.45) is 37.8. The highest BCUT2D eigenvalue weighted by molar-refractivity contribution is 5.78. The number of hydrogen-bond donors (Lipinski definition) is 0. The number of Topliss-reactive ketones (excluding diaryl/α,β-unsaturated/α-hetero) is 1. The number of carbonyl (C=O) groups excluding carboxylic acids is 3. The molecular formula is C51H98O5. The summed E-state index contributed by atoms with van der Waals surface area (Å²) in [6, 6.07) is 0. The van der Waals surface area contributed by atoms with Crippen LogP contribution in [-0.4, -0.2) is 30.9 Å². The van der Waals surface area contributed by atoms with Crippen molar-refractivity contribution in [1.82, 2.24) is 0 Å². The zero-order chi connectivity index (χ0) is 41.8. The molecule has 332 valence electrons. The van der Waals surface area contributed by atoms with Crippen LogP contribution in [0.5, 0.6) is 0 Å². The van der Waals surface area contributed by atoms with Crippen molar-refractivity contribution in [2.45, 2.75) is 274 Å². The van der Waals surface area contributed by atoms with Gasteiger partial charge in [-0.2, -0.15) is 0 Å². The van der Waals surface area contributed by atoms with Crippen molar-refractivity contribution in [3.63, 3.8) is 0 Å². The van der Waals surface area contributed by atoms with Gasteiger partial charge in [-0.25, -0.2) is 0 Å². The van der Waals surface area contributed by atoms with Gasteiger partial charge < -0.3 is 9.47 Å². The summed E-state index contributed by atoms with van der Waals surface area (Å²) in [5.74, 6) is 1.21. The van der Waals surface area contributed by atoms with Crippen LogP contribution in [0.25, 0.3) is 0 Å². The lowest BCUT2D eigenvalue weighted by Gasteiger charge is -2.25. The quantitative estimate of drug-likeness (QED) is 0.0455. The Morgan fingerprint density at radius 3 is 0.946 bits per heavy atom. The summed E-state index contributed by atoms with van der Waals surface area (Å²) in [5, 5.41) is 0. The Hall–Kier alpha value is -1.39. The van der Waals surface area contributed by atoms with Gasteiger partial charge in [-0.05, 0) is 86.9 Å². The molecule has 0 aliphatic rings. The van der Waals surface area contributed by atoms with Crippen LogP contribution in [0.15, 0.2) is 0 Å². The topological polar surface area (TPSA) is 69.7 Å². The monoisotopic (exact) mass is 791 g/mol. The molecule has 0 aliphatic carbocycles. The first-order valence-corrected chi connectivity index (χ1v) is 24.7. The number of rotatable bonds is 42. The van der Waals surface area contributed by atoms with Gasteiger partial charge in [0.2, 0.25) is 0 Å². The van der Waals surface area contributed by atoms with Crippen LogP contribution in [0.4, 0.5) is 0 Å². The minimum atomic E-state index is -0.0579. The molecule has 0 aromatic carbocycles. The summed E-state index contributed by atoms with van der Waals surface area (Å²) in [6.45, 7) is 19.1. The van der Waals surface area contributed by atoms with E-state index < -0.39 is 0 Å². The van der Waals surface area contributed by atoms with Crippen LogP contribution in [0.1, 0.15) is 274 Å². The fourth-order valence-electron chi connectivity index (χ4n) is 8.12. The van der Waals surface area contributed by atoms with Crippen LogP contribution in [0.2, 0.25) is 0 Å². The van der Waals surface area contributed by atoms with Gasteiger partial charge in [0.1, 0.15) is 5.78 Å². The molecule has 0 spiro atoms. The third-order valence-electron chi connectivity index (χ3n) is 12.5. The smallest absolute Gasteiger partial charge is 0.305 e. The molecule has 0 aromatic heterocycles. The molecule has 0 amide bonds. The first-order valence-electron chi connectivity index (χ1n) is 24.7. The lowest BCUT2D eigenvalue weighted by Crippen LogP contribution is -2.18. The molecule has 0 saturated heterocycles. The average molecular weight is 791 g/mol. The summed E-state index contributed by atoms with van der Waals surface area (Å²) in [5.41, 5.74) is 0.0221. The maximum absolute atomic E-state index is 12.8. The fourth-order valence-corrected chi connectivity index (χ4v) is 8.12. The second kappa shape index (κ2) is 36.7. The van der Waals surface area contributed by atoms with Crippen molar-refractivity contribution in [2.75, 3.05) is 13.2 Å². The summed E-state index contributed by atoms with van der Waals surface area (Å²) < 4.78 is 11.7. The third kappa shape index (κ3) is 35.7. The zero-order valence-corrected chi connectivity index (χ0v) is 39.2. The van der Waals surface area contributed by atoms with E-state index in [4.69, 9.17) is 9.47 Å². The van der Waals surface area contributed by atoms with E-state index in [1.54, 1.807) is 0 Å². The van der Waals surface area contributed by atoms with E-state index in [2.05, 4.69) is 55.4 Å². The van der Waals surface area contributed by atoms with Crippen LogP contribution >= 0.6 is 0 Å². The van der Waals surface area contributed by atoms with Gasteiger partial charge >= 0.3 is 11.9 Å². The summed E-state index contributed by atoms with van der Waals surface area (Å²) >= 11 is 0. The van der Waals surface area contributed by atoms with Crippen LogP contribution < -0.4 is 0 Å². The molecule has 0 saturated carbocycles. The standard InChI is InChI=1S/C51H98O5/c1-9-13-17-21-25-31-45(32-26-22-18-14-10-2)43-55-48(53)37-41-50(5,6)39-29-35-47(52)36-30-40-51(7,8)42-38-49(54)56-44-46(33-27-23-19-15-11-3)34-28-24-20-16-12-4/h45-46H,9-44H2,1-8H3. The molecular weight excluding hydrogens is 693 g/mol. The fraction of sp³-hybridized carbons (Fsp3) is 0.941. The van der Waals surface area contributed by atoms with Crippen molar-refractivity contribution in [3.05, 3.63) is 0 Å². The minimum absolute atomic E-state index is 0.0111. The molecule has 56 heavy (non-hydrogen) atoms. The Bertz CT molecular complexity index is 823. The number of unbranched alkanes of at least 4 members (excludes halogenated alkanes) is 16. The van der Waals surface area contributed by atoms with Crippen molar-refractivity contribution >= 4 is 17.7 Å². The van der Waals surface area contributed by atoms with Crippen molar-refractivity contribution in [3.8, 4) is 0 Å². The van der Waals surface area contributed by atoms with Crippen molar-refractivity contribution in [1.29, 1.82) is 0 Å². The highest BCUT2D eigenvalue weighted by Gasteiger charge is 2.23. The average Bonchev–Trinajstić information content (AvgIpc) is 3.16. The molecule has 5 nitrogen and oxygen atoms in total. The van der Waals surface area contributed by atoms with E-state index in [0.29, 0.717) is 56.5 Å². The molecule has 0 radical (unpaired) electrons. The van der Waals surface area contributed by atoms with Gasteiger partial charge in [-0.1, -0.05) is 184 Å². The van der Waals surface area contributed by atoms with Gasteiger partial charge in [0, 0.05) is 25.7 Å². The second-order valence-electron chi connectivity index (χ2n) is 19.5. The van der Waals surface area contributed by atoms with Crippen LogP contribution in [0, 0.1) is 22.7 Å². The lowest BCUT2D eigenvalue weighted by molar-refractivity contribution is -0.146. The zero-order valence-electron chi connectivity index (χ0n) is 39.2. The van der Waals surface area contributed by atoms with E-state index >= 15 is 0 Å². The second-order valence-corrected chi connectivity index (χ2v) is 19.5. The van der Waals surface area contributed by atoms with Gasteiger partial charge in [0.25, 0.3) is 0 Å². The van der Waals surface area contributed by atoms with E-state index in [1.807, 2.05) is 0 Å². The van der Waals surface area contributed by atoms with Gasteiger partial charge in [-0.15, -0.1) is 0 Å². The highest BCUT2D eigenvalue weighted by Crippen LogP contribution is 2.32. The van der Waals surface area contributed by atoms with Gasteiger partial charge in [-0.3, -0.25) is 14.4 Å². The molecule has 5 heteroatoms. The largest absolute Gasteiger partial charge is 0.465 e. The molecule has 0 rings (SSSR count). The molecule has 0 heterocycles.